The Hall–Kier alpha value is -2.49. The minimum Gasteiger partial charge on any atom is -0.258 e. The van der Waals surface area contributed by atoms with Crippen molar-refractivity contribution >= 4 is 17.1 Å². The number of para-hydroxylation sites is 1. The van der Waals surface area contributed by atoms with Gasteiger partial charge in [-0.05, 0) is 49.6 Å². The van der Waals surface area contributed by atoms with Crippen molar-refractivity contribution in [2.24, 2.45) is 4.99 Å². The van der Waals surface area contributed by atoms with E-state index in [0.29, 0.717) is 0 Å². The first-order valence-corrected chi connectivity index (χ1v) is 6.35. The first-order valence-electron chi connectivity index (χ1n) is 6.35. The number of rotatable bonds is 3. The van der Waals surface area contributed by atoms with E-state index >= 15 is 0 Å². The molecule has 2 rings (SSSR count). The second-order valence-corrected chi connectivity index (χ2v) is 4.74. The first kappa shape index (κ1) is 13.9. The number of aryl methyl sites for hydroxylation is 2. The van der Waals surface area contributed by atoms with Gasteiger partial charge in [0, 0.05) is 17.8 Å². The molecule has 0 heterocycles. The number of nitro groups is 1. The Bertz CT molecular complexity index is 653. The highest BCUT2D eigenvalue weighted by Gasteiger charge is 2.06. The smallest absolute Gasteiger partial charge is 0.258 e. The maximum absolute atomic E-state index is 10.6. The molecule has 0 aromatic heterocycles. The van der Waals surface area contributed by atoms with E-state index in [4.69, 9.17) is 0 Å². The Morgan fingerprint density at radius 2 is 1.60 bits per heavy atom. The van der Waals surface area contributed by atoms with Crippen molar-refractivity contribution in [3.05, 3.63) is 69.3 Å². The molecule has 0 saturated heterocycles. The van der Waals surface area contributed by atoms with Gasteiger partial charge in [-0.15, -0.1) is 0 Å². The summed E-state index contributed by atoms with van der Waals surface area (Å²) in [5.41, 5.74) is 5.02. The van der Waals surface area contributed by atoms with Crippen LogP contribution in [0.1, 0.15) is 23.6 Å². The third kappa shape index (κ3) is 2.91. The molecule has 0 radical (unpaired) electrons. The predicted octanol–water partition coefficient (Wildman–Crippen LogP) is 4.35. The largest absolute Gasteiger partial charge is 0.269 e. The van der Waals surface area contributed by atoms with E-state index in [9.17, 15) is 10.1 Å². The summed E-state index contributed by atoms with van der Waals surface area (Å²) < 4.78 is 0. The second kappa shape index (κ2) is 5.65. The zero-order chi connectivity index (χ0) is 14.7. The molecule has 2 aromatic rings. The fourth-order valence-electron chi connectivity index (χ4n) is 2.04. The van der Waals surface area contributed by atoms with Crippen molar-refractivity contribution in [2.45, 2.75) is 20.8 Å². The quantitative estimate of drug-likeness (QED) is 0.472. The monoisotopic (exact) mass is 268 g/mol. The Kier molecular flexibility index (Phi) is 3.94. The molecule has 102 valence electrons. The van der Waals surface area contributed by atoms with Crippen molar-refractivity contribution < 1.29 is 4.92 Å². The van der Waals surface area contributed by atoms with Crippen LogP contribution in [-0.2, 0) is 0 Å². The van der Waals surface area contributed by atoms with E-state index in [1.54, 1.807) is 12.1 Å². The van der Waals surface area contributed by atoms with E-state index in [1.165, 1.54) is 12.1 Å². The average Bonchev–Trinajstić information content (AvgIpc) is 2.43. The summed E-state index contributed by atoms with van der Waals surface area (Å²) in [6.07, 6.45) is 0. The maximum atomic E-state index is 10.6. The minimum absolute atomic E-state index is 0.0913. The van der Waals surface area contributed by atoms with E-state index in [1.807, 2.05) is 39.0 Å². The van der Waals surface area contributed by atoms with Gasteiger partial charge in [-0.3, -0.25) is 15.1 Å². The molecule has 0 fully saturated rings. The van der Waals surface area contributed by atoms with E-state index < -0.39 is 4.92 Å². The number of hydrogen-bond donors (Lipinski definition) is 0. The van der Waals surface area contributed by atoms with Crippen LogP contribution in [0.5, 0.6) is 0 Å². The SMILES string of the molecule is CC(=Nc1c(C)cccc1C)c1ccc([N+](=O)[O-])cc1. The third-order valence-corrected chi connectivity index (χ3v) is 3.21. The summed E-state index contributed by atoms with van der Waals surface area (Å²) >= 11 is 0. The minimum atomic E-state index is -0.401. The van der Waals surface area contributed by atoms with E-state index in [-0.39, 0.29) is 5.69 Å². The van der Waals surface area contributed by atoms with Gasteiger partial charge in [-0.2, -0.15) is 0 Å². The van der Waals surface area contributed by atoms with Crippen LogP contribution in [0.15, 0.2) is 47.5 Å². The number of nitro benzene ring substituents is 1. The fraction of sp³-hybridized carbons (Fsp3) is 0.188. The van der Waals surface area contributed by atoms with Gasteiger partial charge in [-0.1, -0.05) is 18.2 Å². The second-order valence-electron chi connectivity index (χ2n) is 4.74. The normalized spacial score (nSPS) is 11.4. The zero-order valence-electron chi connectivity index (χ0n) is 11.8. The van der Waals surface area contributed by atoms with Crippen LogP contribution in [0.25, 0.3) is 0 Å². The maximum Gasteiger partial charge on any atom is 0.269 e. The molecule has 0 bridgehead atoms. The lowest BCUT2D eigenvalue weighted by Crippen LogP contribution is -1.96. The highest BCUT2D eigenvalue weighted by atomic mass is 16.6. The molecule has 0 N–H and O–H groups in total. The molecule has 4 nitrogen and oxygen atoms in total. The van der Waals surface area contributed by atoms with Gasteiger partial charge in [-0.25, -0.2) is 0 Å². The first-order chi connectivity index (χ1) is 9.49. The third-order valence-electron chi connectivity index (χ3n) is 3.21. The lowest BCUT2D eigenvalue weighted by atomic mass is 10.1. The fourth-order valence-corrected chi connectivity index (χ4v) is 2.04. The van der Waals surface area contributed by atoms with Crippen molar-refractivity contribution in [3.63, 3.8) is 0 Å². The van der Waals surface area contributed by atoms with Crippen molar-refractivity contribution in [3.8, 4) is 0 Å². The highest BCUT2D eigenvalue weighted by molar-refractivity contribution is 6.00. The van der Waals surface area contributed by atoms with Crippen LogP contribution < -0.4 is 0 Å². The van der Waals surface area contributed by atoms with Gasteiger partial charge in [0.1, 0.15) is 0 Å². The molecule has 4 heteroatoms. The molecule has 2 aromatic carbocycles. The Morgan fingerprint density at radius 3 is 2.10 bits per heavy atom. The van der Waals surface area contributed by atoms with Crippen molar-refractivity contribution in [1.29, 1.82) is 0 Å². The van der Waals surface area contributed by atoms with Crippen molar-refractivity contribution in [1.82, 2.24) is 0 Å². The lowest BCUT2D eigenvalue weighted by Gasteiger charge is -2.06. The Balaban J connectivity index is 2.37. The summed E-state index contributed by atoms with van der Waals surface area (Å²) in [6, 6.07) is 12.5. The summed E-state index contributed by atoms with van der Waals surface area (Å²) in [7, 11) is 0. The van der Waals surface area contributed by atoms with Crippen LogP contribution in [0.3, 0.4) is 0 Å². The Morgan fingerprint density at radius 1 is 1.05 bits per heavy atom. The average molecular weight is 268 g/mol. The molecule has 20 heavy (non-hydrogen) atoms. The van der Waals surface area contributed by atoms with Crippen LogP contribution in [0, 0.1) is 24.0 Å². The van der Waals surface area contributed by atoms with Crippen LogP contribution in [-0.4, -0.2) is 10.6 Å². The van der Waals surface area contributed by atoms with E-state index in [2.05, 4.69) is 4.99 Å². The van der Waals surface area contributed by atoms with Gasteiger partial charge >= 0.3 is 0 Å². The van der Waals surface area contributed by atoms with Crippen molar-refractivity contribution in [2.75, 3.05) is 0 Å². The number of non-ortho nitro benzene ring substituents is 1. The molecule has 0 aliphatic heterocycles. The number of benzene rings is 2. The summed E-state index contributed by atoms with van der Waals surface area (Å²) in [6.45, 7) is 5.96. The summed E-state index contributed by atoms with van der Waals surface area (Å²) in [4.78, 5) is 14.9. The predicted molar refractivity (Wildman–Crippen MR) is 80.9 cm³/mol. The van der Waals surface area contributed by atoms with Gasteiger partial charge in [0.05, 0.1) is 10.6 Å². The van der Waals surface area contributed by atoms with E-state index in [0.717, 1.165) is 28.1 Å². The molecular formula is C16H16N2O2. The van der Waals surface area contributed by atoms with Gasteiger partial charge in [0.15, 0.2) is 0 Å². The zero-order valence-corrected chi connectivity index (χ0v) is 11.8. The Labute approximate surface area is 117 Å². The number of nitrogens with zero attached hydrogens (tertiary/aromatic N) is 2. The van der Waals surface area contributed by atoms with Crippen LogP contribution in [0.4, 0.5) is 11.4 Å². The molecule has 0 spiro atoms. The van der Waals surface area contributed by atoms with Gasteiger partial charge < -0.3 is 0 Å². The standard InChI is InChI=1S/C16H16N2O2/c1-11-5-4-6-12(2)16(11)17-13(3)14-7-9-15(10-8-14)18(19)20/h4-10H,1-3H3. The van der Waals surface area contributed by atoms with Crippen LogP contribution >= 0.6 is 0 Å². The summed E-state index contributed by atoms with van der Waals surface area (Å²) in [5.74, 6) is 0. The number of hydrogen-bond acceptors (Lipinski definition) is 3. The highest BCUT2D eigenvalue weighted by Crippen LogP contribution is 2.24. The topological polar surface area (TPSA) is 55.5 Å². The molecule has 0 amide bonds. The van der Waals surface area contributed by atoms with Crippen LogP contribution in [0.2, 0.25) is 0 Å². The molecule has 0 atom stereocenters. The number of aliphatic imine (C=N–C) groups is 1. The van der Waals surface area contributed by atoms with Gasteiger partial charge in [0.2, 0.25) is 0 Å². The lowest BCUT2D eigenvalue weighted by molar-refractivity contribution is -0.384. The molecule has 0 aliphatic carbocycles. The molecule has 0 unspecified atom stereocenters. The summed E-state index contributed by atoms with van der Waals surface area (Å²) in [5, 5.41) is 10.6. The molecular weight excluding hydrogens is 252 g/mol. The van der Waals surface area contributed by atoms with Gasteiger partial charge in [0.25, 0.3) is 5.69 Å². The molecule has 0 aliphatic rings. The molecule has 0 saturated carbocycles.